The van der Waals surface area contributed by atoms with Gasteiger partial charge in [-0.15, -0.1) is 11.8 Å². The molecule has 0 bridgehead atoms. The Kier molecular flexibility index (Phi) is 5.79. The standard InChI is InChI=1S/C20H23FN2O4S/c1-20(2,3)27-19(26)16-13(10-21)11-28-18-15(17(25)23(16)18)22-14(24)9-12-7-5-4-6-8-12/h4-8,15,18H,9-11H2,1-3H3,(H,22,24)/t15-,18+/m1/s1. The summed E-state index contributed by atoms with van der Waals surface area (Å²) in [5.41, 5.74) is 0.287. The lowest BCUT2D eigenvalue weighted by Gasteiger charge is -2.49. The lowest BCUT2D eigenvalue weighted by molar-refractivity contribution is -0.159. The van der Waals surface area contributed by atoms with Gasteiger partial charge in [-0.2, -0.15) is 0 Å². The maximum absolute atomic E-state index is 13.4. The molecule has 1 N–H and O–H groups in total. The molecule has 2 atom stereocenters. The summed E-state index contributed by atoms with van der Waals surface area (Å²) in [6.07, 6.45) is 0.159. The molecular weight excluding hydrogens is 383 g/mol. The SMILES string of the molecule is CC(C)(C)OC(=O)C1=C(CF)CS[C@H]2[C@H](NC(=O)Cc3ccccc3)C(=O)N12. The van der Waals surface area contributed by atoms with Crippen molar-refractivity contribution in [3.8, 4) is 0 Å². The summed E-state index contributed by atoms with van der Waals surface area (Å²) in [7, 11) is 0. The maximum atomic E-state index is 13.4. The first-order valence-corrected chi connectivity index (χ1v) is 10.1. The lowest BCUT2D eigenvalue weighted by Crippen LogP contribution is -2.70. The smallest absolute Gasteiger partial charge is 0.355 e. The Balaban J connectivity index is 1.71. The Labute approximate surface area is 167 Å². The van der Waals surface area contributed by atoms with Gasteiger partial charge in [0.1, 0.15) is 29.4 Å². The molecule has 0 radical (unpaired) electrons. The zero-order valence-corrected chi connectivity index (χ0v) is 16.8. The van der Waals surface area contributed by atoms with Gasteiger partial charge in [-0.25, -0.2) is 9.18 Å². The second-order valence-corrected chi connectivity index (χ2v) is 8.81. The van der Waals surface area contributed by atoms with Crippen molar-refractivity contribution in [3.05, 3.63) is 47.2 Å². The van der Waals surface area contributed by atoms with Crippen molar-refractivity contribution in [1.82, 2.24) is 10.2 Å². The number of hydrogen-bond donors (Lipinski definition) is 1. The van der Waals surface area contributed by atoms with Crippen LogP contribution in [0.25, 0.3) is 0 Å². The van der Waals surface area contributed by atoms with E-state index in [4.69, 9.17) is 4.74 Å². The summed E-state index contributed by atoms with van der Waals surface area (Å²) in [5, 5.41) is 2.30. The Morgan fingerprint density at radius 1 is 1.29 bits per heavy atom. The van der Waals surface area contributed by atoms with Crippen molar-refractivity contribution in [3.63, 3.8) is 0 Å². The molecule has 0 spiro atoms. The predicted octanol–water partition coefficient (Wildman–Crippen LogP) is 2.19. The highest BCUT2D eigenvalue weighted by molar-refractivity contribution is 8.00. The average Bonchev–Trinajstić information content (AvgIpc) is 2.64. The van der Waals surface area contributed by atoms with Crippen molar-refractivity contribution in [1.29, 1.82) is 0 Å². The first kappa shape index (κ1) is 20.4. The zero-order valence-electron chi connectivity index (χ0n) is 16.0. The minimum atomic E-state index is -0.830. The van der Waals surface area contributed by atoms with Gasteiger partial charge in [0.25, 0.3) is 5.91 Å². The summed E-state index contributed by atoms with van der Waals surface area (Å²) in [4.78, 5) is 38.8. The van der Waals surface area contributed by atoms with E-state index in [-0.39, 0.29) is 29.4 Å². The third-order valence-electron chi connectivity index (χ3n) is 4.32. The monoisotopic (exact) mass is 406 g/mol. The molecule has 2 amide bonds. The van der Waals surface area contributed by atoms with Gasteiger partial charge in [-0.1, -0.05) is 30.3 Å². The van der Waals surface area contributed by atoms with Crippen molar-refractivity contribution in [2.24, 2.45) is 0 Å². The molecule has 1 saturated heterocycles. The number of amides is 2. The topological polar surface area (TPSA) is 75.7 Å². The number of nitrogens with one attached hydrogen (secondary N) is 1. The van der Waals surface area contributed by atoms with Crippen LogP contribution in [0.2, 0.25) is 0 Å². The van der Waals surface area contributed by atoms with E-state index < -0.39 is 35.6 Å². The number of thioether (sulfide) groups is 1. The number of hydrogen-bond acceptors (Lipinski definition) is 5. The molecule has 28 heavy (non-hydrogen) atoms. The van der Waals surface area contributed by atoms with Crippen LogP contribution in [0.5, 0.6) is 0 Å². The Bertz CT molecular complexity index is 819. The molecule has 0 aliphatic carbocycles. The lowest BCUT2D eigenvalue weighted by atomic mass is 10.0. The third-order valence-corrected chi connectivity index (χ3v) is 5.66. The molecule has 6 nitrogen and oxygen atoms in total. The molecule has 0 saturated carbocycles. The van der Waals surface area contributed by atoms with E-state index in [9.17, 15) is 18.8 Å². The number of β-lactam (4-membered cyclic amide) rings is 1. The third kappa shape index (κ3) is 4.22. The van der Waals surface area contributed by atoms with E-state index in [0.29, 0.717) is 0 Å². The molecule has 2 aliphatic heterocycles. The van der Waals surface area contributed by atoms with Gasteiger partial charge >= 0.3 is 5.97 Å². The molecule has 0 aromatic heterocycles. The fourth-order valence-corrected chi connectivity index (χ4v) is 4.43. The molecule has 1 aromatic rings. The van der Waals surface area contributed by atoms with Gasteiger partial charge in [0.15, 0.2) is 0 Å². The number of nitrogens with zero attached hydrogens (tertiary/aromatic N) is 1. The number of carbonyl (C=O) groups is 3. The van der Waals surface area contributed by atoms with Gasteiger partial charge in [0.2, 0.25) is 5.91 Å². The first-order chi connectivity index (χ1) is 13.2. The Morgan fingerprint density at radius 3 is 2.57 bits per heavy atom. The van der Waals surface area contributed by atoms with Crippen molar-refractivity contribution < 1.29 is 23.5 Å². The highest BCUT2D eigenvalue weighted by Crippen LogP contribution is 2.41. The number of ether oxygens (including phenoxy) is 1. The van der Waals surface area contributed by atoms with Crippen LogP contribution in [0.15, 0.2) is 41.6 Å². The number of carbonyl (C=O) groups excluding carboxylic acids is 3. The summed E-state index contributed by atoms with van der Waals surface area (Å²) >= 11 is 1.33. The second kappa shape index (κ2) is 7.95. The van der Waals surface area contributed by atoms with E-state index in [0.717, 1.165) is 5.56 Å². The van der Waals surface area contributed by atoms with E-state index >= 15 is 0 Å². The van der Waals surface area contributed by atoms with Crippen LogP contribution in [0, 0.1) is 0 Å². The zero-order chi connectivity index (χ0) is 20.5. The van der Waals surface area contributed by atoms with Crippen molar-refractivity contribution in [2.75, 3.05) is 12.4 Å². The number of rotatable bonds is 5. The predicted molar refractivity (Wildman–Crippen MR) is 104 cm³/mol. The summed E-state index contributed by atoms with van der Waals surface area (Å²) in [5.74, 6) is -1.15. The van der Waals surface area contributed by atoms with Crippen LogP contribution >= 0.6 is 11.8 Å². The van der Waals surface area contributed by atoms with Gasteiger partial charge in [-0.3, -0.25) is 14.5 Å². The van der Waals surface area contributed by atoms with Crippen LogP contribution in [-0.4, -0.2) is 52.1 Å². The molecule has 3 rings (SSSR count). The van der Waals surface area contributed by atoms with Gasteiger partial charge in [0, 0.05) is 11.3 Å². The van der Waals surface area contributed by atoms with Crippen LogP contribution in [0.1, 0.15) is 26.3 Å². The Hall–Kier alpha value is -2.35. The van der Waals surface area contributed by atoms with Crippen LogP contribution in [0.4, 0.5) is 4.39 Å². The number of halogens is 1. The van der Waals surface area contributed by atoms with Gasteiger partial charge < -0.3 is 10.1 Å². The molecule has 2 heterocycles. The van der Waals surface area contributed by atoms with Crippen LogP contribution in [-0.2, 0) is 25.5 Å². The van der Waals surface area contributed by atoms with Crippen LogP contribution < -0.4 is 5.32 Å². The van der Waals surface area contributed by atoms with E-state index in [2.05, 4.69) is 5.32 Å². The average molecular weight is 406 g/mol. The molecule has 150 valence electrons. The summed E-state index contributed by atoms with van der Waals surface area (Å²) in [6.45, 7) is 4.30. The van der Waals surface area contributed by atoms with E-state index in [1.807, 2.05) is 30.3 Å². The van der Waals surface area contributed by atoms with Crippen LogP contribution in [0.3, 0.4) is 0 Å². The number of benzene rings is 1. The first-order valence-electron chi connectivity index (χ1n) is 9.00. The summed E-state index contributed by atoms with van der Waals surface area (Å²) < 4.78 is 18.8. The quantitative estimate of drug-likeness (QED) is 0.599. The molecule has 8 heteroatoms. The highest BCUT2D eigenvalue weighted by Gasteiger charge is 2.54. The molecular formula is C20H23FN2O4S. The summed E-state index contributed by atoms with van der Waals surface area (Å²) in [6, 6.07) is 8.47. The molecule has 1 fully saturated rings. The minimum Gasteiger partial charge on any atom is -0.455 e. The number of esters is 1. The maximum Gasteiger partial charge on any atom is 0.355 e. The van der Waals surface area contributed by atoms with Gasteiger partial charge in [-0.05, 0) is 26.3 Å². The number of alkyl halides is 1. The van der Waals surface area contributed by atoms with E-state index in [1.165, 1.54) is 16.7 Å². The van der Waals surface area contributed by atoms with Crippen molar-refractivity contribution >= 4 is 29.5 Å². The minimum absolute atomic E-state index is 0.0280. The second-order valence-electron chi connectivity index (χ2n) is 7.71. The Morgan fingerprint density at radius 2 is 1.96 bits per heavy atom. The fourth-order valence-electron chi connectivity index (χ4n) is 3.11. The highest BCUT2D eigenvalue weighted by atomic mass is 32.2. The van der Waals surface area contributed by atoms with E-state index in [1.54, 1.807) is 20.8 Å². The molecule has 2 aliphatic rings. The number of fused-ring (bicyclic) bond motifs is 1. The molecule has 0 unspecified atom stereocenters. The van der Waals surface area contributed by atoms with Crippen molar-refractivity contribution in [2.45, 2.75) is 44.2 Å². The molecule has 1 aromatic carbocycles. The normalized spacial score (nSPS) is 21.7. The van der Waals surface area contributed by atoms with Gasteiger partial charge in [0.05, 0.1) is 6.42 Å². The fraction of sp³-hybridized carbons (Fsp3) is 0.450. The largest absolute Gasteiger partial charge is 0.455 e.